The third kappa shape index (κ3) is 2.48. The van der Waals surface area contributed by atoms with E-state index in [2.05, 4.69) is 44.2 Å². The van der Waals surface area contributed by atoms with Crippen molar-refractivity contribution in [3.8, 4) is 11.3 Å². The molecular formula is C15H22N4. The van der Waals surface area contributed by atoms with E-state index in [9.17, 15) is 0 Å². The molecule has 0 saturated carbocycles. The minimum atomic E-state index is -0.0862. The Morgan fingerprint density at radius 2 is 1.95 bits per heavy atom. The molecule has 2 N–H and O–H groups in total. The second-order valence-corrected chi connectivity index (χ2v) is 6.11. The number of imidazole rings is 1. The van der Waals surface area contributed by atoms with Gasteiger partial charge >= 0.3 is 0 Å². The van der Waals surface area contributed by atoms with Crippen LogP contribution in [-0.2, 0) is 5.54 Å². The van der Waals surface area contributed by atoms with E-state index in [0.29, 0.717) is 11.7 Å². The van der Waals surface area contributed by atoms with Crippen LogP contribution in [0.25, 0.3) is 11.3 Å². The van der Waals surface area contributed by atoms with Crippen molar-refractivity contribution in [2.45, 2.75) is 46.1 Å². The van der Waals surface area contributed by atoms with Crippen LogP contribution in [-0.4, -0.2) is 14.5 Å². The average molecular weight is 258 g/mol. The van der Waals surface area contributed by atoms with Gasteiger partial charge in [-0.1, -0.05) is 13.8 Å². The summed E-state index contributed by atoms with van der Waals surface area (Å²) in [6, 6.07) is 3.89. The lowest BCUT2D eigenvalue weighted by Crippen LogP contribution is -2.26. The summed E-state index contributed by atoms with van der Waals surface area (Å²) in [4.78, 5) is 8.89. The lowest BCUT2D eigenvalue weighted by Gasteiger charge is -2.26. The Morgan fingerprint density at radius 1 is 1.26 bits per heavy atom. The van der Waals surface area contributed by atoms with Crippen molar-refractivity contribution in [2.75, 3.05) is 5.73 Å². The predicted molar refractivity (Wildman–Crippen MR) is 79.0 cm³/mol. The van der Waals surface area contributed by atoms with E-state index in [0.717, 1.165) is 17.1 Å². The number of hydrogen-bond acceptors (Lipinski definition) is 3. The fourth-order valence-electron chi connectivity index (χ4n) is 2.26. The maximum Gasteiger partial charge on any atom is 0.132 e. The molecule has 19 heavy (non-hydrogen) atoms. The number of pyridine rings is 1. The Morgan fingerprint density at radius 3 is 2.37 bits per heavy atom. The first kappa shape index (κ1) is 13.6. The minimum Gasteiger partial charge on any atom is -0.383 e. The standard InChI is InChI=1S/C15H22N4/c1-10(2)14-18-12(11-7-6-8-17-9-11)13(16)19(14)15(3,4)5/h6-10H,16H2,1-5H3. The largest absolute Gasteiger partial charge is 0.383 e. The SMILES string of the molecule is CC(C)c1nc(-c2cccnc2)c(N)n1C(C)(C)C. The highest BCUT2D eigenvalue weighted by Crippen LogP contribution is 2.33. The number of nitrogen functional groups attached to an aromatic ring is 1. The monoisotopic (exact) mass is 258 g/mol. The van der Waals surface area contributed by atoms with Crippen LogP contribution in [0, 0.1) is 0 Å². The van der Waals surface area contributed by atoms with E-state index < -0.39 is 0 Å². The molecule has 0 aliphatic heterocycles. The molecule has 0 unspecified atom stereocenters. The van der Waals surface area contributed by atoms with E-state index in [1.54, 1.807) is 12.4 Å². The first-order chi connectivity index (χ1) is 8.82. The fourth-order valence-corrected chi connectivity index (χ4v) is 2.26. The second-order valence-electron chi connectivity index (χ2n) is 6.11. The van der Waals surface area contributed by atoms with Crippen LogP contribution in [0.5, 0.6) is 0 Å². The molecule has 0 radical (unpaired) electrons. The highest BCUT2D eigenvalue weighted by molar-refractivity contribution is 5.70. The van der Waals surface area contributed by atoms with Gasteiger partial charge in [0.25, 0.3) is 0 Å². The lowest BCUT2D eigenvalue weighted by molar-refractivity contribution is 0.382. The molecule has 2 aromatic heterocycles. The highest BCUT2D eigenvalue weighted by Gasteiger charge is 2.25. The zero-order chi connectivity index (χ0) is 14.2. The highest BCUT2D eigenvalue weighted by atomic mass is 15.2. The zero-order valence-electron chi connectivity index (χ0n) is 12.3. The normalized spacial score (nSPS) is 12.1. The molecule has 0 aromatic carbocycles. The Bertz CT molecular complexity index is 562. The maximum absolute atomic E-state index is 6.33. The molecule has 0 atom stereocenters. The van der Waals surface area contributed by atoms with Gasteiger partial charge in [-0.2, -0.15) is 0 Å². The first-order valence-electron chi connectivity index (χ1n) is 6.61. The summed E-state index contributed by atoms with van der Waals surface area (Å²) in [5.74, 6) is 2.06. The third-order valence-electron chi connectivity index (χ3n) is 3.06. The van der Waals surface area contributed by atoms with Crippen LogP contribution < -0.4 is 5.73 Å². The molecule has 0 saturated heterocycles. The Labute approximate surface area is 114 Å². The van der Waals surface area contributed by atoms with Gasteiger partial charge in [-0.15, -0.1) is 0 Å². The van der Waals surface area contributed by atoms with Crippen molar-refractivity contribution < 1.29 is 0 Å². The van der Waals surface area contributed by atoms with E-state index in [4.69, 9.17) is 10.7 Å². The molecule has 2 aromatic rings. The van der Waals surface area contributed by atoms with E-state index in [-0.39, 0.29) is 5.54 Å². The van der Waals surface area contributed by atoms with Crippen LogP contribution in [0.2, 0.25) is 0 Å². The summed E-state index contributed by atoms with van der Waals surface area (Å²) >= 11 is 0. The smallest absolute Gasteiger partial charge is 0.132 e. The van der Waals surface area contributed by atoms with Crippen molar-refractivity contribution in [1.29, 1.82) is 0 Å². The van der Waals surface area contributed by atoms with Gasteiger partial charge in [-0.05, 0) is 32.9 Å². The van der Waals surface area contributed by atoms with Crippen LogP contribution in [0.4, 0.5) is 5.82 Å². The van der Waals surface area contributed by atoms with Gasteiger partial charge in [-0.25, -0.2) is 4.98 Å². The van der Waals surface area contributed by atoms with Crippen molar-refractivity contribution in [3.63, 3.8) is 0 Å². The Hall–Kier alpha value is -1.84. The summed E-state index contributed by atoms with van der Waals surface area (Å²) in [6.45, 7) is 10.7. The van der Waals surface area contributed by atoms with Crippen molar-refractivity contribution >= 4 is 5.82 Å². The van der Waals surface area contributed by atoms with Gasteiger partial charge in [0.15, 0.2) is 0 Å². The maximum atomic E-state index is 6.33. The molecule has 4 heteroatoms. The number of nitrogens with two attached hydrogens (primary N) is 1. The molecule has 102 valence electrons. The van der Waals surface area contributed by atoms with Gasteiger partial charge in [-0.3, -0.25) is 4.98 Å². The van der Waals surface area contributed by atoms with Crippen LogP contribution in [0.3, 0.4) is 0 Å². The minimum absolute atomic E-state index is 0.0862. The zero-order valence-corrected chi connectivity index (χ0v) is 12.3. The molecule has 0 aliphatic carbocycles. The Balaban J connectivity index is 2.66. The molecular weight excluding hydrogens is 236 g/mol. The average Bonchev–Trinajstić information content (AvgIpc) is 2.68. The van der Waals surface area contributed by atoms with Gasteiger partial charge in [0.1, 0.15) is 17.3 Å². The van der Waals surface area contributed by atoms with Crippen LogP contribution >= 0.6 is 0 Å². The molecule has 0 aliphatic rings. The number of hydrogen-bond donors (Lipinski definition) is 1. The van der Waals surface area contributed by atoms with Crippen LogP contribution in [0.1, 0.15) is 46.4 Å². The number of nitrogens with zero attached hydrogens (tertiary/aromatic N) is 3. The quantitative estimate of drug-likeness (QED) is 0.898. The number of anilines is 1. The summed E-state index contributed by atoms with van der Waals surface area (Å²) in [5.41, 5.74) is 8.04. The van der Waals surface area contributed by atoms with Gasteiger partial charge in [0, 0.05) is 29.4 Å². The number of rotatable bonds is 2. The summed E-state index contributed by atoms with van der Waals surface area (Å²) in [7, 11) is 0. The summed E-state index contributed by atoms with van der Waals surface area (Å²) in [6.07, 6.45) is 3.56. The number of aromatic nitrogens is 3. The fraction of sp³-hybridized carbons (Fsp3) is 0.467. The van der Waals surface area contributed by atoms with Crippen LogP contribution in [0.15, 0.2) is 24.5 Å². The van der Waals surface area contributed by atoms with Crippen molar-refractivity contribution in [3.05, 3.63) is 30.4 Å². The topological polar surface area (TPSA) is 56.7 Å². The van der Waals surface area contributed by atoms with Crippen molar-refractivity contribution in [2.24, 2.45) is 0 Å². The predicted octanol–water partition coefficient (Wildman–Crippen LogP) is 3.41. The molecule has 2 rings (SSSR count). The molecule has 0 amide bonds. The third-order valence-corrected chi connectivity index (χ3v) is 3.06. The van der Waals surface area contributed by atoms with E-state index in [1.807, 2.05) is 12.1 Å². The lowest BCUT2D eigenvalue weighted by atomic mass is 10.1. The molecule has 2 heterocycles. The van der Waals surface area contributed by atoms with Gasteiger partial charge in [0.2, 0.25) is 0 Å². The van der Waals surface area contributed by atoms with E-state index >= 15 is 0 Å². The molecule has 0 spiro atoms. The summed E-state index contributed by atoms with van der Waals surface area (Å²) in [5, 5.41) is 0. The van der Waals surface area contributed by atoms with E-state index in [1.165, 1.54) is 0 Å². The first-order valence-corrected chi connectivity index (χ1v) is 6.61. The van der Waals surface area contributed by atoms with Gasteiger partial charge < -0.3 is 10.3 Å². The Kier molecular flexibility index (Phi) is 3.35. The second kappa shape index (κ2) is 4.68. The van der Waals surface area contributed by atoms with Crippen molar-refractivity contribution in [1.82, 2.24) is 14.5 Å². The summed E-state index contributed by atoms with van der Waals surface area (Å²) < 4.78 is 2.12. The molecule has 0 bridgehead atoms. The van der Waals surface area contributed by atoms with Gasteiger partial charge in [0.05, 0.1) is 0 Å². The molecule has 0 fully saturated rings. The molecule has 4 nitrogen and oxygen atoms in total.